The summed E-state index contributed by atoms with van der Waals surface area (Å²) in [7, 11) is -1.54. The normalized spacial score (nSPS) is 12.5. The van der Waals surface area contributed by atoms with Crippen LogP contribution in [0.25, 0.3) is 0 Å². The van der Waals surface area contributed by atoms with Gasteiger partial charge in [0.25, 0.3) is 0 Å². The van der Waals surface area contributed by atoms with Crippen LogP contribution in [-0.4, -0.2) is 48.7 Å². The lowest BCUT2D eigenvalue weighted by molar-refractivity contribution is 0.369. The SMILES string of the molecule is CCN(C(C)C)S(=O)(=O)c1cnn(CCCNC)c1. The number of nitrogens with zero attached hydrogens (tertiary/aromatic N) is 3. The minimum absolute atomic E-state index is 0.0531. The highest BCUT2D eigenvalue weighted by Gasteiger charge is 2.26. The Hall–Kier alpha value is -0.920. The molecular weight excluding hydrogens is 264 g/mol. The average molecular weight is 288 g/mol. The standard InChI is InChI=1S/C12H24N4O2S/c1-5-16(11(2)3)19(17,18)12-9-14-15(10-12)8-6-7-13-4/h9-11,13H,5-8H2,1-4H3. The van der Waals surface area contributed by atoms with Gasteiger partial charge in [-0.05, 0) is 33.9 Å². The highest BCUT2D eigenvalue weighted by molar-refractivity contribution is 7.89. The van der Waals surface area contributed by atoms with Crippen LogP contribution < -0.4 is 5.32 Å². The molecule has 6 nitrogen and oxygen atoms in total. The molecule has 0 spiro atoms. The summed E-state index contributed by atoms with van der Waals surface area (Å²) in [5, 5.41) is 7.16. The van der Waals surface area contributed by atoms with Crippen molar-refractivity contribution in [2.24, 2.45) is 0 Å². The van der Waals surface area contributed by atoms with Crippen molar-refractivity contribution >= 4 is 10.0 Å². The zero-order valence-electron chi connectivity index (χ0n) is 12.1. The van der Waals surface area contributed by atoms with Gasteiger partial charge in [0.1, 0.15) is 4.90 Å². The molecule has 19 heavy (non-hydrogen) atoms. The molecule has 1 aromatic heterocycles. The lowest BCUT2D eigenvalue weighted by Gasteiger charge is -2.23. The van der Waals surface area contributed by atoms with Crippen molar-refractivity contribution in [1.29, 1.82) is 0 Å². The predicted octanol–water partition coefficient (Wildman–Crippen LogP) is 0.912. The van der Waals surface area contributed by atoms with Gasteiger partial charge in [0.05, 0.1) is 6.20 Å². The van der Waals surface area contributed by atoms with E-state index in [0.29, 0.717) is 13.1 Å². The number of aryl methyl sites for hydroxylation is 1. The van der Waals surface area contributed by atoms with Crippen LogP contribution in [0, 0.1) is 0 Å². The molecule has 0 bridgehead atoms. The summed E-state index contributed by atoms with van der Waals surface area (Å²) >= 11 is 0. The second-order valence-corrected chi connectivity index (χ2v) is 6.59. The Balaban J connectivity index is 2.84. The number of aromatic nitrogens is 2. The summed E-state index contributed by atoms with van der Waals surface area (Å²) in [5.74, 6) is 0. The monoisotopic (exact) mass is 288 g/mol. The first-order chi connectivity index (χ1) is 8.93. The summed E-state index contributed by atoms with van der Waals surface area (Å²) in [6.07, 6.45) is 3.95. The Labute approximate surface area is 115 Å². The van der Waals surface area contributed by atoms with E-state index in [0.717, 1.165) is 13.0 Å². The molecule has 1 rings (SSSR count). The minimum atomic E-state index is -3.43. The molecule has 7 heteroatoms. The third-order valence-electron chi connectivity index (χ3n) is 2.92. The summed E-state index contributed by atoms with van der Waals surface area (Å²) in [6, 6.07) is -0.0531. The number of sulfonamides is 1. The van der Waals surface area contributed by atoms with Gasteiger partial charge in [-0.25, -0.2) is 8.42 Å². The molecule has 1 aromatic rings. The molecule has 0 aromatic carbocycles. The van der Waals surface area contributed by atoms with Gasteiger partial charge in [-0.15, -0.1) is 0 Å². The highest BCUT2D eigenvalue weighted by atomic mass is 32.2. The highest BCUT2D eigenvalue weighted by Crippen LogP contribution is 2.17. The van der Waals surface area contributed by atoms with Crippen molar-refractivity contribution in [3.8, 4) is 0 Å². The number of hydrogen-bond acceptors (Lipinski definition) is 4. The number of nitrogens with one attached hydrogen (secondary N) is 1. The maximum absolute atomic E-state index is 12.4. The molecule has 1 heterocycles. The van der Waals surface area contributed by atoms with Crippen LogP contribution >= 0.6 is 0 Å². The van der Waals surface area contributed by atoms with Crippen LogP contribution in [0.5, 0.6) is 0 Å². The first kappa shape index (κ1) is 16.1. The molecular formula is C12H24N4O2S. The molecule has 110 valence electrons. The van der Waals surface area contributed by atoms with Crippen LogP contribution in [-0.2, 0) is 16.6 Å². The van der Waals surface area contributed by atoms with Crippen molar-refractivity contribution in [3.05, 3.63) is 12.4 Å². The molecule has 0 fully saturated rings. The fourth-order valence-electron chi connectivity index (χ4n) is 1.97. The Kier molecular flexibility index (Phi) is 5.96. The molecule has 0 amide bonds. The average Bonchev–Trinajstić information content (AvgIpc) is 2.78. The maximum Gasteiger partial charge on any atom is 0.246 e. The number of hydrogen-bond donors (Lipinski definition) is 1. The van der Waals surface area contributed by atoms with Gasteiger partial charge in [0, 0.05) is 25.3 Å². The van der Waals surface area contributed by atoms with E-state index in [1.54, 1.807) is 10.9 Å². The Bertz CT molecular complexity index is 482. The van der Waals surface area contributed by atoms with E-state index in [4.69, 9.17) is 0 Å². The van der Waals surface area contributed by atoms with Crippen molar-refractivity contribution in [2.45, 2.75) is 44.7 Å². The van der Waals surface area contributed by atoms with Crippen LogP contribution in [0.15, 0.2) is 17.3 Å². The lowest BCUT2D eigenvalue weighted by atomic mass is 10.4. The van der Waals surface area contributed by atoms with Crippen molar-refractivity contribution < 1.29 is 8.42 Å². The molecule has 0 saturated carbocycles. The zero-order chi connectivity index (χ0) is 14.5. The summed E-state index contributed by atoms with van der Waals surface area (Å²) < 4.78 is 28.0. The van der Waals surface area contributed by atoms with Gasteiger partial charge in [0.15, 0.2) is 0 Å². The third-order valence-corrected chi connectivity index (χ3v) is 5.02. The molecule has 1 N–H and O–H groups in total. The van der Waals surface area contributed by atoms with E-state index < -0.39 is 10.0 Å². The van der Waals surface area contributed by atoms with Gasteiger partial charge < -0.3 is 5.32 Å². The quantitative estimate of drug-likeness (QED) is 0.722. The zero-order valence-corrected chi connectivity index (χ0v) is 12.9. The van der Waals surface area contributed by atoms with E-state index in [9.17, 15) is 8.42 Å². The Morgan fingerprint density at radius 2 is 2.16 bits per heavy atom. The minimum Gasteiger partial charge on any atom is -0.320 e. The summed E-state index contributed by atoms with van der Waals surface area (Å²) in [5.41, 5.74) is 0. The molecule has 0 radical (unpaired) electrons. The fourth-order valence-corrected chi connectivity index (χ4v) is 3.57. The first-order valence-corrected chi connectivity index (χ1v) is 8.06. The third kappa shape index (κ3) is 4.02. The van der Waals surface area contributed by atoms with E-state index in [1.165, 1.54) is 10.5 Å². The van der Waals surface area contributed by atoms with Gasteiger partial charge in [-0.2, -0.15) is 9.40 Å². The van der Waals surface area contributed by atoms with Crippen LogP contribution in [0.2, 0.25) is 0 Å². The van der Waals surface area contributed by atoms with E-state index in [1.807, 2.05) is 27.8 Å². The second kappa shape index (κ2) is 7.02. The fraction of sp³-hybridized carbons (Fsp3) is 0.750. The lowest BCUT2D eigenvalue weighted by Crippen LogP contribution is -2.36. The molecule has 0 aliphatic carbocycles. The number of rotatable bonds is 8. The van der Waals surface area contributed by atoms with Crippen LogP contribution in [0.4, 0.5) is 0 Å². The summed E-state index contributed by atoms with van der Waals surface area (Å²) in [4.78, 5) is 0.271. The van der Waals surface area contributed by atoms with Gasteiger partial charge in [-0.3, -0.25) is 4.68 Å². The second-order valence-electron chi connectivity index (χ2n) is 4.70. The molecule has 0 atom stereocenters. The Morgan fingerprint density at radius 3 is 2.68 bits per heavy atom. The molecule has 0 aliphatic heterocycles. The van der Waals surface area contributed by atoms with Gasteiger partial charge in [-0.1, -0.05) is 6.92 Å². The predicted molar refractivity (Wildman–Crippen MR) is 75.5 cm³/mol. The van der Waals surface area contributed by atoms with E-state index in [2.05, 4.69) is 10.4 Å². The van der Waals surface area contributed by atoms with Crippen LogP contribution in [0.1, 0.15) is 27.2 Å². The topological polar surface area (TPSA) is 67.2 Å². The molecule has 0 unspecified atom stereocenters. The maximum atomic E-state index is 12.4. The van der Waals surface area contributed by atoms with E-state index >= 15 is 0 Å². The van der Waals surface area contributed by atoms with Gasteiger partial charge >= 0.3 is 0 Å². The van der Waals surface area contributed by atoms with Crippen molar-refractivity contribution in [2.75, 3.05) is 20.1 Å². The smallest absolute Gasteiger partial charge is 0.246 e. The molecule has 0 aliphatic rings. The largest absolute Gasteiger partial charge is 0.320 e. The van der Waals surface area contributed by atoms with Crippen molar-refractivity contribution in [3.63, 3.8) is 0 Å². The Morgan fingerprint density at radius 1 is 1.47 bits per heavy atom. The molecule has 0 saturated heterocycles. The first-order valence-electron chi connectivity index (χ1n) is 6.62. The van der Waals surface area contributed by atoms with Gasteiger partial charge in [0.2, 0.25) is 10.0 Å². The van der Waals surface area contributed by atoms with Crippen molar-refractivity contribution in [1.82, 2.24) is 19.4 Å². The summed E-state index contributed by atoms with van der Waals surface area (Å²) in [6.45, 7) is 7.65. The van der Waals surface area contributed by atoms with Crippen LogP contribution in [0.3, 0.4) is 0 Å². The van der Waals surface area contributed by atoms with E-state index in [-0.39, 0.29) is 10.9 Å².